The van der Waals surface area contributed by atoms with E-state index < -0.39 is 32.1 Å². The number of hydrogen-bond donors (Lipinski definition) is 1. The van der Waals surface area contributed by atoms with Gasteiger partial charge in [0.25, 0.3) is 0 Å². The largest absolute Gasteiger partial charge is 0.241 e. The van der Waals surface area contributed by atoms with Gasteiger partial charge in [0.1, 0.15) is 22.6 Å². The van der Waals surface area contributed by atoms with Crippen molar-refractivity contribution in [3.05, 3.63) is 29.3 Å². The zero-order valence-electron chi connectivity index (χ0n) is 6.66. The van der Waals surface area contributed by atoms with Gasteiger partial charge in [-0.15, -0.1) is 0 Å². The lowest BCUT2D eigenvalue weighted by atomic mass is 10.2. The van der Waals surface area contributed by atoms with Gasteiger partial charge in [0, 0.05) is 0 Å². The first-order valence-corrected chi connectivity index (χ1v) is 4.83. The predicted octanol–water partition coefficient (Wildman–Crippen LogP) is 0.484. The molecule has 74 valence electrons. The smallest absolute Gasteiger partial charge is 0.225 e. The van der Waals surface area contributed by atoms with Crippen LogP contribution in [0.4, 0.5) is 8.78 Å². The molecule has 4 nitrogen and oxygen atoms in total. The Labute approximate surface area is 78.6 Å². The fourth-order valence-corrected chi connectivity index (χ4v) is 1.43. The van der Waals surface area contributed by atoms with Gasteiger partial charge < -0.3 is 0 Å². The monoisotopic (exact) mass is 218 g/mol. The molecule has 0 aliphatic carbocycles. The van der Waals surface area contributed by atoms with Crippen molar-refractivity contribution in [1.82, 2.24) is 0 Å². The van der Waals surface area contributed by atoms with Gasteiger partial charge in [-0.25, -0.2) is 22.3 Å². The third kappa shape index (κ3) is 1.86. The van der Waals surface area contributed by atoms with Gasteiger partial charge in [0.2, 0.25) is 10.0 Å². The van der Waals surface area contributed by atoms with Crippen LogP contribution in [0.2, 0.25) is 0 Å². The van der Waals surface area contributed by atoms with E-state index in [1.807, 2.05) is 0 Å². The molecule has 0 amide bonds. The van der Waals surface area contributed by atoms with Crippen molar-refractivity contribution in [3.8, 4) is 6.07 Å². The summed E-state index contributed by atoms with van der Waals surface area (Å²) in [7, 11) is -4.31. The van der Waals surface area contributed by atoms with E-state index in [0.29, 0.717) is 12.1 Å². The summed E-state index contributed by atoms with van der Waals surface area (Å²) in [5, 5.41) is 12.9. The molecule has 1 rings (SSSR count). The molecule has 0 atom stereocenters. The molecule has 0 bridgehead atoms. The van der Waals surface area contributed by atoms with Crippen LogP contribution in [0.25, 0.3) is 0 Å². The fourth-order valence-electron chi connectivity index (χ4n) is 0.832. The highest BCUT2D eigenvalue weighted by Gasteiger charge is 2.17. The number of nitrogens with two attached hydrogens (primary N) is 1. The van der Waals surface area contributed by atoms with Crippen LogP contribution in [0.3, 0.4) is 0 Å². The molecule has 0 aliphatic rings. The molecule has 0 aromatic heterocycles. The number of sulfonamides is 1. The lowest BCUT2D eigenvalue weighted by Gasteiger charge is -2.01. The molecule has 0 radical (unpaired) electrons. The summed E-state index contributed by atoms with van der Waals surface area (Å²) in [5.74, 6) is -2.37. The molecule has 0 saturated heterocycles. The zero-order chi connectivity index (χ0) is 10.9. The zero-order valence-corrected chi connectivity index (χ0v) is 7.48. The average molecular weight is 218 g/mol. The van der Waals surface area contributed by atoms with Crippen molar-refractivity contribution >= 4 is 10.0 Å². The van der Waals surface area contributed by atoms with Crippen LogP contribution >= 0.6 is 0 Å². The minimum Gasteiger partial charge on any atom is -0.225 e. The van der Waals surface area contributed by atoms with Gasteiger partial charge in [-0.1, -0.05) is 0 Å². The molecular formula is C7H4F2N2O2S. The number of benzene rings is 1. The molecule has 0 saturated carbocycles. The Kier molecular flexibility index (Phi) is 2.51. The maximum absolute atomic E-state index is 12.9. The van der Waals surface area contributed by atoms with Crippen LogP contribution in [0.15, 0.2) is 17.0 Å². The van der Waals surface area contributed by atoms with Gasteiger partial charge in [0.15, 0.2) is 0 Å². The number of nitriles is 1. The van der Waals surface area contributed by atoms with Gasteiger partial charge in [-0.05, 0) is 12.1 Å². The summed E-state index contributed by atoms with van der Waals surface area (Å²) in [6, 6.07) is 2.22. The van der Waals surface area contributed by atoms with Crippen LogP contribution < -0.4 is 5.14 Å². The maximum atomic E-state index is 12.9. The van der Waals surface area contributed by atoms with Crippen molar-refractivity contribution in [2.24, 2.45) is 5.14 Å². The van der Waals surface area contributed by atoms with Gasteiger partial charge in [-0.3, -0.25) is 0 Å². The highest BCUT2D eigenvalue weighted by molar-refractivity contribution is 7.89. The molecule has 0 aliphatic heterocycles. The van der Waals surface area contributed by atoms with Crippen molar-refractivity contribution in [2.75, 3.05) is 0 Å². The highest BCUT2D eigenvalue weighted by Crippen LogP contribution is 2.17. The van der Waals surface area contributed by atoms with Crippen molar-refractivity contribution in [1.29, 1.82) is 5.26 Å². The molecule has 0 unspecified atom stereocenters. The summed E-state index contributed by atoms with van der Waals surface area (Å²) in [6.45, 7) is 0. The summed E-state index contributed by atoms with van der Waals surface area (Å²) >= 11 is 0. The second-order valence-corrected chi connectivity index (χ2v) is 3.95. The highest BCUT2D eigenvalue weighted by atomic mass is 32.2. The van der Waals surface area contributed by atoms with E-state index in [4.69, 9.17) is 5.26 Å². The molecule has 0 spiro atoms. The van der Waals surface area contributed by atoms with E-state index in [9.17, 15) is 17.2 Å². The number of rotatable bonds is 1. The predicted molar refractivity (Wildman–Crippen MR) is 42.4 cm³/mol. The quantitative estimate of drug-likeness (QED) is 0.744. The second kappa shape index (κ2) is 3.32. The van der Waals surface area contributed by atoms with E-state index in [0.717, 1.165) is 0 Å². The summed E-state index contributed by atoms with van der Waals surface area (Å²) in [6.07, 6.45) is 0. The first-order valence-electron chi connectivity index (χ1n) is 3.28. The van der Waals surface area contributed by atoms with E-state index in [1.54, 1.807) is 0 Å². The lowest BCUT2D eigenvalue weighted by Crippen LogP contribution is -2.14. The molecule has 1 aromatic carbocycles. The first-order chi connectivity index (χ1) is 6.36. The molecule has 1 aromatic rings. The molecule has 14 heavy (non-hydrogen) atoms. The third-order valence-electron chi connectivity index (χ3n) is 1.45. The Morgan fingerprint density at radius 1 is 1.29 bits per heavy atom. The van der Waals surface area contributed by atoms with E-state index >= 15 is 0 Å². The van der Waals surface area contributed by atoms with Gasteiger partial charge >= 0.3 is 0 Å². The topological polar surface area (TPSA) is 83.9 Å². The Morgan fingerprint density at radius 3 is 2.29 bits per heavy atom. The van der Waals surface area contributed by atoms with Crippen LogP contribution in [-0.4, -0.2) is 8.42 Å². The maximum Gasteiger partial charge on any atom is 0.241 e. The summed E-state index contributed by atoms with van der Waals surface area (Å²) in [4.78, 5) is -0.964. The van der Waals surface area contributed by atoms with E-state index in [1.165, 1.54) is 6.07 Å². The van der Waals surface area contributed by atoms with Crippen LogP contribution in [0.1, 0.15) is 5.56 Å². The molecule has 0 heterocycles. The van der Waals surface area contributed by atoms with E-state index in [-0.39, 0.29) is 0 Å². The standard InChI is InChI=1S/C7H4F2N2O2S/c8-5-2-7(14(11,12)13)6(9)1-4(5)3-10/h1-2H,(H2,11,12,13). The number of primary sulfonamides is 1. The number of nitrogens with zero attached hydrogens (tertiary/aromatic N) is 1. The lowest BCUT2D eigenvalue weighted by molar-refractivity contribution is 0.552. The second-order valence-electron chi connectivity index (χ2n) is 2.42. The fraction of sp³-hybridized carbons (Fsp3) is 0. The number of hydrogen-bond acceptors (Lipinski definition) is 3. The molecule has 7 heteroatoms. The van der Waals surface area contributed by atoms with Crippen molar-refractivity contribution in [2.45, 2.75) is 4.90 Å². The average Bonchev–Trinajstić information content (AvgIpc) is 2.06. The summed E-state index contributed by atoms with van der Waals surface area (Å²) in [5.41, 5.74) is -0.574. The summed E-state index contributed by atoms with van der Waals surface area (Å²) < 4.78 is 47.2. The first kappa shape index (κ1) is 10.6. The Hall–Kier alpha value is -1.52. The van der Waals surface area contributed by atoms with E-state index in [2.05, 4.69) is 5.14 Å². The minimum absolute atomic E-state index is 0.378. The Morgan fingerprint density at radius 2 is 1.86 bits per heavy atom. The van der Waals surface area contributed by atoms with Crippen molar-refractivity contribution < 1.29 is 17.2 Å². The van der Waals surface area contributed by atoms with Crippen LogP contribution in [0, 0.1) is 23.0 Å². The minimum atomic E-state index is -4.31. The molecule has 0 fully saturated rings. The van der Waals surface area contributed by atoms with Crippen LogP contribution in [0.5, 0.6) is 0 Å². The normalized spacial score (nSPS) is 11.0. The third-order valence-corrected chi connectivity index (χ3v) is 2.37. The van der Waals surface area contributed by atoms with Crippen molar-refractivity contribution in [3.63, 3.8) is 0 Å². The molecular weight excluding hydrogens is 214 g/mol. The number of halogens is 2. The van der Waals surface area contributed by atoms with Gasteiger partial charge in [-0.2, -0.15) is 5.26 Å². The molecule has 2 N–H and O–H groups in total. The Balaban J connectivity index is 3.54. The van der Waals surface area contributed by atoms with Gasteiger partial charge in [0.05, 0.1) is 5.56 Å². The Bertz CT molecular complexity index is 519. The SMILES string of the molecule is N#Cc1cc(F)c(S(N)(=O)=O)cc1F. The van der Waals surface area contributed by atoms with Crippen LogP contribution in [-0.2, 0) is 10.0 Å².